The van der Waals surface area contributed by atoms with Gasteiger partial charge < -0.3 is 10.4 Å². The summed E-state index contributed by atoms with van der Waals surface area (Å²) in [7, 11) is 0. The molecule has 1 aromatic heterocycles. The maximum absolute atomic E-state index is 10.9. The van der Waals surface area contributed by atoms with Gasteiger partial charge in [0.05, 0.1) is 16.6 Å². The zero-order valence-electron chi connectivity index (χ0n) is 10.4. The van der Waals surface area contributed by atoms with Gasteiger partial charge in [0, 0.05) is 18.8 Å². The summed E-state index contributed by atoms with van der Waals surface area (Å²) in [5.74, 6) is 0.172. The lowest BCUT2D eigenvalue weighted by Gasteiger charge is -2.07. The predicted molar refractivity (Wildman–Crippen MR) is 75.6 cm³/mol. The number of nitro groups is 1. The third kappa shape index (κ3) is 3.43. The number of benzene rings is 1. The van der Waals surface area contributed by atoms with E-state index in [1.165, 1.54) is 12.3 Å². The van der Waals surface area contributed by atoms with Crippen LogP contribution in [0.4, 0.5) is 11.5 Å². The number of anilines is 1. The molecule has 0 aliphatic carbocycles. The highest BCUT2D eigenvalue weighted by atomic mass is 35.5. The number of hydrogen-bond donors (Lipinski definition) is 2. The van der Waals surface area contributed by atoms with Crippen LogP contribution in [-0.4, -0.2) is 15.0 Å². The first-order valence-electron chi connectivity index (χ1n) is 5.82. The molecular formula is C13H12ClN3O3. The first-order chi connectivity index (χ1) is 9.60. The fourth-order valence-corrected chi connectivity index (χ4v) is 1.80. The summed E-state index contributed by atoms with van der Waals surface area (Å²) in [5.41, 5.74) is 1.57. The molecule has 2 rings (SSSR count). The second-order valence-corrected chi connectivity index (χ2v) is 4.54. The Morgan fingerprint density at radius 2 is 1.95 bits per heavy atom. The molecule has 1 aromatic carbocycles. The number of halogens is 1. The van der Waals surface area contributed by atoms with Gasteiger partial charge in [0.1, 0.15) is 0 Å². The second-order valence-electron chi connectivity index (χ2n) is 4.11. The molecule has 0 saturated carbocycles. The van der Waals surface area contributed by atoms with Crippen molar-refractivity contribution in [2.24, 2.45) is 0 Å². The Bertz CT molecular complexity index is 617. The van der Waals surface area contributed by atoms with Gasteiger partial charge in [0.25, 0.3) is 0 Å². The van der Waals surface area contributed by atoms with Gasteiger partial charge in [0.2, 0.25) is 5.82 Å². The Morgan fingerprint density at radius 3 is 2.55 bits per heavy atom. The molecule has 2 N–H and O–H groups in total. The van der Waals surface area contributed by atoms with Crippen LogP contribution in [0.1, 0.15) is 11.1 Å². The first-order valence-corrected chi connectivity index (χ1v) is 6.20. The number of aromatic nitrogens is 1. The molecule has 0 aliphatic rings. The zero-order chi connectivity index (χ0) is 14.5. The SMILES string of the molecule is O=[N+]([O-])c1cc(Cl)cnc1NCc1ccc(CO)cc1. The highest BCUT2D eigenvalue weighted by Gasteiger charge is 2.15. The first kappa shape index (κ1) is 14.2. The molecule has 0 amide bonds. The predicted octanol–water partition coefficient (Wildman–Crippen LogP) is 2.75. The summed E-state index contributed by atoms with van der Waals surface area (Å²) in [5, 5.41) is 23.0. The van der Waals surface area contributed by atoms with Crippen LogP contribution in [0.3, 0.4) is 0 Å². The van der Waals surface area contributed by atoms with Gasteiger partial charge in [-0.1, -0.05) is 35.9 Å². The normalized spacial score (nSPS) is 10.3. The van der Waals surface area contributed by atoms with Crippen molar-refractivity contribution in [3.8, 4) is 0 Å². The van der Waals surface area contributed by atoms with Crippen LogP contribution in [0.15, 0.2) is 36.5 Å². The highest BCUT2D eigenvalue weighted by Crippen LogP contribution is 2.25. The Kier molecular flexibility index (Phi) is 4.49. The molecule has 0 unspecified atom stereocenters. The number of nitrogens with one attached hydrogen (secondary N) is 1. The van der Waals surface area contributed by atoms with E-state index in [1.54, 1.807) is 12.1 Å². The summed E-state index contributed by atoms with van der Waals surface area (Å²) in [4.78, 5) is 14.3. The number of hydrogen-bond acceptors (Lipinski definition) is 5. The number of rotatable bonds is 5. The lowest BCUT2D eigenvalue weighted by Crippen LogP contribution is -2.04. The van der Waals surface area contributed by atoms with E-state index in [1.807, 2.05) is 12.1 Å². The van der Waals surface area contributed by atoms with E-state index >= 15 is 0 Å². The Morgan fingerprint density at radius 1 is 1.30 bits per heavy atom. The standard InChI is InChI=1S/C13H12ClN3O3/c14-11-5-12(17(19)20)13(16-7-11)15-6-9-1-3-10(8-18)4-2-9/h1-5,7,18H,6,8H2,(H,15,16). The van der Waals surface area contributed by atoms with Crippen LogP contribution < -0.4 is 5.32 Å². The molecule has 0 fully saturated rings. The molecule has 1 heterocycles. The lowest BCUT2D eigenvalue weighted by atomic mass is 10.1. The smallest absolute Gasteiger partial charge is 0.312 e. The van der Waals surface area contributed by atoms with Gasteiger partial charge >= 0.3 is 5.69 Å². The van der Waals surface area contributed by atoms with Crippen LogP contribution in [0, 0.1) is 10.1 Å². The van der Waals surface area contributed by atoms with Crippen molar-refractivity contribution in [1.82, 2.24) is 4.98 Å². The van der Waals surface area contributed by atoms with Gasteiger partial charge in [-0.05, 0) is 11.1 Å². The van der Waals surface area contributed by atoms with Crippen molar-refractivity contribution < 1.29 is 10.0 Å². The molecule has 0 saturated heterocycles. The molecule has 7 heteroatoms. The lowest BCUT2D eigenvalue weighted by molar-refractivity contribution is -0.384. The summed E-state index contributed by atoms with van der Waals surface area (Å²) >= 11 is 5.69. The van der Waals surface area contributed by atoms with E-state index in [0.717, 1.165) is 11.1 Å². The average Bonchev–Trinajstić information content (AvgIpc) is 2.46. The third-order valence-electron chi connectivity index (χ3n) is 2.70. The van der Waals surface area contributed by atoms with Crippen molar-refractivity contribution in [3.05, 3.63) is 62.8 Å². The largest absolute Gasteiger partial charge is 0.392 e. The third-order valence-corrected chi connectivity index (χ3v) is 2.90. The molecule has 20 heavy (non-hydrogen) atoms. The summed E-state index contributed by atoms with van der Waals surface area (Å²) in [6.45, 7) is 0.374. The van der Waals surface area contributed by atoms with Crippen LogP contribution in [0.5, 0.6) is 0 Å². The van der Waals surface area contributed by atoms with E-state index in [9.17, 15) is 10.1 Å². The average molecular weight is 294 g/mol. The maximum atomic E-state index is 10.9. The van der Waals surface area contributed by atoms with Crippen molar-refractivity contribution in [3.63, 3.8) is 0 Å². The van der Waals surface area contributed by atoms with Gasteiger partial charge in [-0.3, -0.25) is 10.1 Å². The van der Waals surface area contributed by atoms with E-state index in [-0.39, 0.29) is 23.1 Å². The molecule has 0 atom stereocenters. The minimum absolute atomic E-state index is 0.0160. The minimum Gasteiger partial charge on any atom is -0.392 e. The Balaban J connectivity index is 2.12. The van der Waals surface area contributed by atoms with Crippen molar-refractivity contribution >= 4 is 23.1 Å². The summed E-state index contributed by atoms with van der Waals surface area (Å²) < 4.78 is 0. The topological polar surface area (TPSA) is 88.3 Å². The fourth-order valence-electron chi connectivity index (χ4n) is 1.65. The van der Waals surface area contributed by atoms with E-state index in [2.05, 4.69) is 10.3 Å². The monoisotopic (exact) mass is 293 g/mol. The van der Waals surface area contributed by atoms with Crippen molar-refractivity contribution in [2.75, 3.05) is 5.32 Å². The molecule has 0 spiro atoms. The molecule has 0 radical (unpaired) electrons. The quantitative estimate of drug-likeness (QED) is 0.653. The van der Waals surface area contributed by atoms with Gasteiger partial charge in [-0.25, -0.2) is 4.98 Å². The summed E-state index contributed by atoms with van der Waals surface area (Å²) in [6, 6.07) is 8.51. The van der Waals surface area contributed by atoms with Crippen molar-refractivity contribution in [2.45, 2.75) is 13.2 Å². The molecule has 6 nitrogen and oxygen atoms in total. The Labute approximate surface area is 120 Å². The molecule has 2 aromatic rings. The number of aliphatic hydroxyl groups excluding tert-OH is 1. The molecular weight excluding hydrogens is 282 g/mol. The van der Waals surface area contributed by atoms with Crippen molar-refractivity contribution in [1.29, 1.82) is 0 Å². The zero-order valence-corrected chi connectivity index (χ0v) is 11.2. The van der Waals surface area contributed by atoms with Gasteiger partial charge in [-0.2, -0.15) is 0 Å². The molecule has 104 valence electrons. The molecule has 0 aliphatic heterocycles. The number of nitrogens with zero attached hydrogens (tertiary/aromatic N) is 2. The van der Waals surface area contributed by atoms with E-state index < -0.39 is 4.92 Å². The van der Waals surface area contributed by atoms with Crippen LogP contribution >= 0.6 is 11.6 Å². The minimum atomic E-state index is -0.532. The van der Waals surface area contributed by atoms with Gasteiger partial charge in [-0.15, -0.1) is 0 Å². The number of pyridine rings is 1. The Hall–Kier alpha value is -2.18. The molecule has 0 bridgehead atoms. The summed E-state index contributed by atoms with van der Waals surface area (Å²) in [6.07, 6.45) is 1.35. The fraction of sp³-hybridized carbons (Fsp3) is 0.154. The van der Waals surface area contributed by atoms with Crippen LogP contribution in [-0.2, 0) is 13.2 Å². The van der Waals surface area contributed by atoms with Crippen LogP contribution in [0.25, 0.3) is 0 Å². The number of aliphatic hydroxyl groups is 1. The van der Waals surface area contributed by atoms with Gasteiger partial charge in [0.15, 0.2) is 0 Å². The second kappa shape index (κ2) is 6.31. The van der Waals surface area contributed by atoms with Crippen LogP contribution in [0.2, 0.25) is 5.02 Å². The maximum Gasteiger partial charge on any atom is 0.312 e. The van der Waals surface area contributed by atoms with E-state index in [0.29, 0.717) is 6.54 Å². The van der Waals surface area contributed by atoms with E-state index in [4.69, 9.17) is 16.7 Å². The highest BCUT2D eigenvalue weighted by molar-refractivity contribution is 6.30.